The summed E-state index contributed by atoms with van der Waals surface area (Å²) < 4.78 is 22.2. The number of fused-ring (bicyclic) bond motifs is 2. The Kier molecular flexibility index (Phi) is 13.3. The molecule has 1 fully saturated rings. The zero-order chi connectivity index (χ0) is 30.1. The molecular weight excluding hydrogens is 520 g/mol. The summed E-state index contributed by atoms with van der Waals surface area (Å²) in [5, 5.41) is 36.2. The number of primary amides is 1. The van der Waals surface area contributed by atoms with Gasteiger partial charge >= 0.3 is 6.09 Å². The summed E-state index contributed by atoms with van der Waals surface area (Å²) in [7, 11) is 4.49. The van der Waals surface area contributed by atoms with Gasteiger partial charge in [0.25, 0.3) is 0 Å². The van der Waals surface area contributed by atoms with Crippen molar-refractivity contribution in [2.75, 3.05) is 21.3 Å². The summed E-state index contributed by atoms with van der Waals surface area (Å²) in [6, 6.07) is -0.684. The molecule has 6 N–H and O–H groups in total. The molecule has 11 nitrogen and oxygen atoms in total. The minimum atomic E-state index is -0.976. The van der Waals surface area contributed by atoms with Gasteiger partial charge in [-0.2, -0.15) is 0 Å². The number of nitrogens with one attached hydrogen (secondary N) is 1. The van der Waals surface area contributed by atoms with Gasteiger partial charge in [0, 0.05) is 38.7 Å². The third-order valence-corrected chi connectivity index (χ3v) is 8.06. The Morgan fingerprint density at radius 3 is 2.25 bits per heavy atom. The number of carbonyl (C=O) groups is 2. The van der Waals surface area contributed by atoms with E-state index in [0.29, 0.717) is 24.0 Å². The average Bonchev–Trinajstić information content (AvgIpc) is 2.90. The van der Waals surface area contributed by atoms with E-state index in [2.05, 4.69) is 5.32 Å². The zero-order valence-corrected chi connectivity index (χ0v) is 24.7. The first kappa shape index (κ1) is 33.9. The molecule has 2 rings (SSSR count). The van der Waals surface area contributed by atoms with Gasteiger partial charge in [-0.05, 0) is 44.6 Å². The van der Waals surface area contributed by atoms with Crippen LogP contribution in [0, 0.1) is 17.8 Å². The molecule has 11 heteroatoms. The maximum atomic E-state index is 13.0. The Bertz CT molecular complexity index is 936. The fourth-order valence-electron chi connectivity index (χ4n) is 5.86. The number of amides is 2. The highest BCUT2D eigenvalue weighted by Crippen LogP contribution is 2.35. The molecule has 2 aliphatic rings. The van der Waals surface area contributed by atoms with Gasteiger partial charge in [-0.3, -0.25) is 4.79 Å². The minimum Gasteiger partial charge on any atom is -0.439 e. The summed E-state index contributed by atoms with van der Waals surface area (Å²) in [5.74, 6) is -1.27. The molecule has 2 bridgehead atoms. The lowest BCUT2D eigenvalue weighted by molar-refractivity contribution is -0.138. The molecule has 1 aliphatic heterocycles. The van der Waals surface area contributed by atoms with Crippen LogP contribution in [0.3, 0.4) is 0 Å². The molecule has 0 spiro atoms. The van der Waals surface area contributed by atoms with Gasteiger partial charge in [0.15, 0.2) is 6.10 Å². The molecule has 0 radical (unpaired) electrons. The average molecular weight is 569 g/mol. The second-order valence-corrected chi connectivity index (χ2v) is 11.1. The Morgan fingerprint density at radius 2 is 1.68 bits per heavy atom. The van der Waals surface area contributed by atoms with Gasteiger partial charge in [-0.25, -0.2) is 4.79 Å². The van der Waals surface area contributed by atoms with E-state index >= 15 is 0 Å². The van der Waals surface area contributed by atoms with Crippen LogP contribution >= 0.6 is 0 Å². The molecule has 0 saturated heterocycles. The minimum absolute atomic E-state index is 0.0347. The van der Waals surface area contributed by atoms with Gasteiger partial charge in [0.1, 0.15) is 6.10 Å². The molecule has 2 amide bonds. The van der Waals surface area contributed by atoms with Crippen LogP contribution in [0.25, 0.3) is 0 Å². The maximum absolute atomic E-state index is 13.0. The number of rotatable bonds is 4. The van der Waals surface area contributed by atoms with Crippen LogP contribution < -0.4 is 11.1 Å². The lowest BCUT2D eigenvalue weighted by Crippen LogP contribution is -2.59. The number of methoxy groups -OCH3 is 3. The monoisotopic (exact) mass is 568 g/mol. The largest absolute Gasteiger partial charge is 0.439 e. The van der Waals surface area contributed by atoms with Gasteiger partial charge in [0.05, 0.1) is 36.6 Å². The van der Waals surface area contributed by atoms with E-state index in [4.69, 9.17) is 24.7 Å². The zero-order valence-electron chi connectivity index (χ0n) is 24.7. The predicted molar refractivity (Wildman–Crippen MR) is 149 cm³/mol. The maximum Gasteiger partial charge on any atom is 0.405 e. The molecule has 1 heterocycles. The molecule has 40 heavy (non-hydrogen) atoms. The fourth-order valence-corrected chi connectivity index (χ4v) is 5.86. The van der Waals surface area contributed by atoms with Crippen molar-refractivity contribution in [1.82, 2.24) is 5.32 Å². The SMILES string of the molecule is COC1C(O)CC2NC(=O)/C(C)=C/C=C\[C@H](OC)[C@@H](OC(N)=O)/C(C)=C/[C@H](C)[C@@H](O)[C@@H](OC)C[C@H](C)CC1C2O. The fraction of sp³-hybridized carbons (Fsp3) is 0.724. The third-order valence-electron chi connectivity index (χ3n) is 8.06. The van der Waals surface area contributed by atoms with E-state index < -0.39 is 66.7 Å². The van der Waals surface area contributed by atoms with Crippen molar-refractivity contribution in [2.24, 2.45) is 23.5 Å². The van der Waals surface area contributed by atoms with Crippen molar-refractivity contribution in [2.45, 2.75) is 95.7 Å². The smallest absolute Gasteiger partial charge is 0.405 e. The number of carbonyl (C=O) groups excluding carboxylic acids is 2. The Labute approximate surface area is 237 Å². The summed E-state index contributed by atoms with van der Waals surface area (Å²) >= 11 is 0. The van der Waals surface area contributed by atoms with Crippen LogP contribution in [0.2, 0.25) is 0 Å². The Morgan fingerprint density at radius 1 is 1.00 bits per heavy atom. The molecule has 11 atom stereocenters. The van der Waals surface area contributed by atoms with Crippen molar-refractivity contribution < 1.29 is 43.9 Å². The second kappa shape index (κ2) is 15.6. The molecule has 0 aromatic rings. The number of allylic oxidation sites excluding steroid dienone is 2. The van der Waals surface area contributed by atoms with Gasteiger partial charge < -0.3 is 45.3 Å². The van der Waals surface area contributed by atoms with E-state index in [0.717, 1.165) is 0 Å². The topological polar surface area (TPSA) is 170 Å². The van der Waals surface area contributed by atoms with E-state index in [1.54, 1.807) is 38.2 Å². The normalized spacial score (nSPS) is 42.0. The van der Waals surface area contributed by atoms with Crippen molar-refractivity contribution in [3.05, 3.63) is 35.5 Å². The molecule has 228 valence electrons. The van der Waals surface area contributed by atoms with E-state index in [1.807, 2.05) is 13.8 Å². The molecule has 1 aliphatic carbocycles. The summed E-state index contributed by atoms with van der Waals surface area (Å²) in [6.45, 7) is 7.21. The van der Waals surface area contributed by atoms with E-state index in [9.17, 15) is 24.9 Å². The number of aliphatic hydroxyl groups is 3. The van der Waals surface area contributed by atoms with Crippen LogP contribution in [0.5, 0.6) is 0 Å². The lowest BCUT2D eigenvalue weighted by atomic mass is 9.73. The molecule has 5 unspecified atom stereocenters. The number of hydrogen-bond acceptors (Lipinski definition) is 9. The summed E-state index contributed by atoms with van der Waals surface area (Å²) in [5.41, 5.74) is 6.33. The number of ether oxygens (including phenoxy) is 4. The van der Waals surface area contributed by atoms with Gasteiger partial charge in [-0.15, -0.1) is 0 Å². The highest BCUT2D eigenvalue weighted by Gasteiger charge is 2.45. The first-order valence-corrected chi connectivity index (χ1v) is 13.8. The van der Waals surface area contributed by atoms with E-state index in [-0.39, 0.29) is 18.3 Å². The van der Waals surface area contributed by atoms with Crippen molar-refractivity contribution in [3.8, 4) is 0 Å². The predicted octanol–water partition coefficient (Wildman–Crippen LogP) is 1.60. The first-order valence-electron chi connectivity index (χ1n) is 13.8. The van der Waals surface area contributed by atoms with Gasteiger partial charge in [0.2, 0.25) is 5.91 Å². The molecule has 0 aromatic carbocycles. The third kappa shape index (κ3) is 8.86. The van der Waals surface area contributed by atoms with Crippen LogP contribution in [0.4, 0.5) is 4.79 Å². The highest BCUT2D eigenvalue weighted by atomic mass is 16.6. The first-order chi connectivity index (χ1) is 18.8. The number of hydrogen-bond donors (Lipinski definition) is 5. The summed E-state index contributed by atoms with van der Waals surface area (Å²) in [4.78, 5) is 24.7. The van der Waals surface area contributed by atoms with Crippen molar-refractivity contribution >= 4 is 12.0 Å². The number of aliphatic hydroxyl groups excluding tert-OH is 3. The summed E-state index contributed by atoms with van der Waals surface area (Å²) in [6.07, 6.45) is 1.23. The van der Waals surface area contributed by atoms with Crippen LogP contribution in [-0.2, 0) is 23.7 Å². The van der Waals surface area contributed by atoms with Crippen LogP contribution in [-0.4, -0.2) is 97.4 Å². The Hall–Kier alpha value is -2.28. The van der Waals surface area contributed by atoms with E-state index in [1.165, 1.54) is 21.3 Å². The lowest BCUT2D eigenvalue weighted by Gasteiger charge is -2.44. The van der Waals surface area contributed by atoms with Crippen LogP contribution in [0.1, 0.15) is 47.0 Å². The Balaban J connectivity index is 2.53. The second-order valence-electron chi connectivity index (χ2n) is 11.1. The molecule has 1 saturated carbocycles. The van der Waals surface area contributed by atoms with Gasteiger partial charge in [-0.1, -0.05) is 38.2 Å². The number of nitrogens with two attached hydrogens (primary N) is 1. The quantitative estimate of drug-likeness (QED) is 0.316. The highest BCUT2D eigenvalue weighted by molar-refractivity contribution is 5.93. The van der Waals surface area contributed by atoms with Crippen LogP contribution in [0.15, 0.2) is 35.5 Å². The molecular formula is C29H48N2O9. The standard InChI is InChI=1S/C29H48N2O9/c1-15-11-19-25(34)20(14-21(32)27(19)39-7)31-28(35)16(2)9-8-10-22(37-5)26(40-29(30)36)18(4)13-17(3)24(33)23(12-15)38-6/h8-10,13,15,17,19-27,32-34H,11-12,14H2,1-7H3,(H2,30,36)(H,31,35)/b10-8-,16-9+,18-13+/t15-,17+,19?,20?,21?,22+,23+,24-,25?,26+,27?/m1/s1. The van der Waals surface area contributed by atoms with Crippen molar-refractivity contribution in [3.63, 3.8) is 0 Å². The molecule has 0 aromatic heterocycles. The van der Waals surface area contributed by atoms with Crippen molar-refractivity contribution in [1.29, 1.82) is 0 Å².